The largest absolute Gasteiger partial charge is 0.456 e. The highest BCUT2D eigenvalue weighted by Gasteiger charge is 2.25. The first-order valence-corrected chi connectivity index (χ1v) is 21.5. The van der Waals surface area contributed by atoms with Gasteiger partial charge in [-0.05, 0) is 88.0 Å². The maximum absolute atomic E-state index is 6.74. The zero-order valence-corrected chi connectivity index (χ0v) is 34.4. The maximum atomic E-state index is 6.74. The van der Waals surface area contributed by atoms with E-state index in [1.807, 2.05) is 0 Å². The molecule has 12 rings (SSSR count). The predicted molar refractivity (Wildman–Crippen MR) is 264 cm³/mol. The molecule has 3 heteroatoms. The highest BCUT2D eigenvalue weighted by atomic mass is 16.3. The topological polar surface area (TPSA) is 21.3 Å². The van der Waals surface area contributed by atoms with E-state index in [9.17, 15) is 0 Å². The Morgan fingerprint density at radius 3 is 1.54 bits per heavy atom. The Kier molecular flexibility index (Phi) is 8.83. The number of aromatic nitrogens is 1. The molecule has 0 bridgehead atoms. The van der Waals surface area contributed by atoms with Crippen LogP contribution in [0.15, 0.2) is 247 Å². The molecular weight excluding hydrogens is 765 g/mol. The minimum atomic E-state index is 0.868. The molecule has 12 aromatic rings. The Morgan fingerprint density at radius 1 is 0.333 bits per heavy atom. The van der Waals surface area contributed by atoms with Crippen LogP contribution in [0.4, 0.5) is 17.1 Å². The average Bonchev–Trinajstić information content (AvgIpc) is 3.90. The fourth-order valence-corrected chi connectivity index (χ4v) is 9.59. The van der Waals surface area contributed by atoms with Crippen LogP contribution in [0.5, 0.6) is 0 Å². The molecule has 2 heterocycles. The van der Waals surface area contributed by atoms with Gasteiger partial charge in [0.1, 0.15) is 11.2 Å². The minimum Gasteiger partial charge on any atom is -0.456 e. The molecule has 0 fully saturated rings. The van der Waals surface area contributed by atoms with Gasteiger partial charge in [-0.1, -0.05) is 182 Å². The fraction of sp³-hybridized carbons (Fsp3) is 0. The molecule has 63 heavy (non-hydrogen) atoms. The van der Waals surface area contributed by atoms with Crippen LogP contribution in [0.25, 0.3) is 93.9 Å². The molecule has 0 radical (unpaired) electrons. The molecule has 0 N–H and O–H groups in total. The van der Waals surface area contributed by atoms with Gasteiger partial charge in [0.25, 0.3) is 0 Å². The number of rotatable bonds is 8. The van der Waals surface area contributed by atoms with Crippen LogP contribution in [0.1, 0.15) is 0 Å². The van der Waals surface area contributed by atoms with Crippen LogP contribution >= 0.6 is 0 Å². The van der Waals surface area contributed by atoms with Crippen molar-refractivity contribution in [3.63, 3.8) is 0 Å². The Bertz CT molecular complexity index is 3570. The normalized spacial score (nSPS) is 11.5. The third-order valence-electron chi connectivity index (χ3n) is 12.4. The van der Waals surface area contributed by atoms with Gasteiger partial charge in [-0.25, -0.2) is 0 Å². The van der Waals surface area contributed by atoms with Crippen molar-refractivity contribution >= 4 is 60.8 Å². The van der Waals surface area contributed by atoms with E-state index in [0.29, 0.717) is 0 Å². The number of nitrogens with zero attached hydrogens (tertiary/aromatic N) is 2. The minimum absolute atomic E-state index is 0.868. The van der Waals surface area contributed by atoms with Crippen molar-refractivity contribution in [2.75, 3.05) is 4.90 Å². The highest BCUT2D eigenvalue weighted by molar-refractivity contribution is 6.29. The van der Waals surface area contributed by atoms with Crippen LogP contribution in [-0.2, 0) is 0 Å². The molecule has 0 aliphatic heterocycles. The van der Waals surface area contributed by atoms with Gasteiger partial charge in [-0.3, -0.25) is 0 Å². The van der Waals surface area contributed by atoms with Gasteiger partial charge in [0.05, 0.1) is 16.7 Å². The van der Waals surface area contributed by atoms with E-state index in [2.05, 4.69) is 252 Å². The van der Waals surface area contributed by atoms with E-state index >= 15 is 0 Å². The monoisotopic (exact) mass is 804 g/mol. The van der Waals surface area contributed by atoms with Gasteiger partial charge in [-0.2, -0.15) is 0 Å². The molecule has 0 unspecified atom stereocenters. The van der Waals surface area contributed by atoms with Crippen LogP contribution in [0.2, 0.25) is 0 Å². The predicted octanol–water partition coefficient (Wildman–Crippen LogP) is 16.8. The number of hydrogen-bond acceptors (Lipinski definition) is 2. The summed E-state index contributed by atoms with van der Waals surface area (Å²) in [4.78, 5) is 2.38. The van der Waals surface area contributed by atoms with Crippen molar-refractivity contribution in [1.82, 2.24) is 4.57 Å². The molecule has 0 saturated carbocycles. The molecule has 0 saturated heterocycles. The van der Waals surface area contributed by atoms with Gasteiger partial charge in [-0.15, -0.1) is 0 Å². The number of anilines is 3. The third kappa shape index (κ3) is 6.21. The molecule has 0 amide bonds. The van der Waals surface area contributed by atoms with E-state index in [4.69, 9.17) is 4.42 Å². The second kappa shape index (κ2) is 15.3. The summed E-state index contributed by atoms with van der Waals surface area (Å²) in [5.74, 6) is 0. The van der Waals surface area contributed by atoms with E-state index in [1.54, 1.807) is 0 Å². The smallest absolute Gasteiger partial charge is 0.138 e. The second-order valence-corrected chi connectivity index (χ2v) is 16.0. The Morgan fingerprint density at radius 2 is 0.857 bits per heavy atom. The highest BCUT2D eigenvalue weighted by Crippen LogP contribution is 2.49. The van der Waals surface area contributed by atoms with Crippen LogP contribution in [0, 0.1) is 0 Å². The number of fused-ring (bicyclic) bond motifs is 6. The summed E-state index contributed by atoms with van der Waals surface area (Å²) < 4.78 is 9.16. The first kappa shape index (κ1) is 36.5. The first-order valence-electron chi connectivity index (χ1n) is 21.5. The van der Waals surface area contributed by atoms with Crippen LogP contribution < -0.4 is 4.90 Å². The molecule has 2 aromatic heterocycles. The van der Waals surface area contributed by atoms with Gasteiger partial charge in [0.15, 0.2) is 0 Å². The van der Waals surface area contributed by atoms with Crippen LogP contribution in [-0.4, -0.2) is 4.57 Å². The van der Waals surface area contributed by atoms with Gasteiger partial charge in [0.2, 0.25) is 0 Å². The van der Waals surface area contributed by atoms with Crippen LogP contribution in [0.3, 0.4) is 0 Å². The lowest BCUT2D eigenvalue weighted by molar-refractivity contribution is 0.669. The summed E-state index contributed by atoms with van der Waals surface area (Å²) in [6.07, 6.45) is 0. The number of benzene rings is 10. The van der Waals surface area contributed by atoms with Crippen molar-refractivity contribution in [2.45, 2.75) is 0 Å². The maximum Gasteiger partial charge on any atom is 0.138 e. The summed E-state index contributed by atoms with van der Waals surface area (Å²) in [5.41, 5.74) is 17.7. The molecule has 0 spiro atoms. The van der Waals surface area contributed by atoms with Crippen molar-refractivity contribution in [3.05, 3.63) is 243 Å². The number of para-hydroxylation sites is 2. The summed E-state index contributed by atoms with van der Waals surface area (Å²) in [6.45, 7) is 0. The number of furan rings is 1. The summed E-state index contributed by atoms with van der Waals surface area (Å²) in [5, 5.41) is 4.66. The second-order valence-electron chi connectivity index (χ2n) is 16.0. The first-order chi connectivity index (χ1) is 31.3. The average molecular weight is 805 g/mol. The van der Waals surface area contributed by atoms with E-state index < -0.39 is 0 Å². The summed E-state index contributed by atoms with van der Waals surface area (Å²) in [6, 6.07) is 86.9. The quantitative estimate of drug-likeness (QED) is 0.153. The zero-order valence-electron chi connectivity index (χ0n) is 34.4. The summed E-state index contributed by atoms with van der Waals surface area (Å²) in [7, 11) is 0. The molecular formula is C60H40N2O. The molecule has 3 nitrogen and oxygen atoms in total. The molecule has 10 aromatic carbocycles. The van der Waals surface area contributed by atoms with Crippen molar-refractivity contribution in [1.29, 1.82) is 0 Å². The van der Waals surface area contributed by atoms with E-state index in [0.717, 1.165) is 66.8 Å². The molecule has 296 valence electrons. The lowest BCUT2D eigenvalue weighted by Crippen LogP contribution is -2.11. The fourth-order valence-electron chi connectivity index (χ4n) is 9.59. The molecule has 0 aliphatic carbocycles. The van der Waals surface area contributed by atoms with Gasteiger partial charge in [0, 0.05) is 55.8 Å². The van der Waals surface area contributed by atoms with Crippen molar-refractivity contribution in [2.24, 2.45) is 0 Å². The van der Waals surface area contributed by atoms with Gasteiger partial charge < -0.3 is 13.9 Å². The SMILES string of the molecule is c1ccc(-c2ccc(N(c3ccc(-n4c5cccc(-c6ccccc6)c5c5c(-c6ccccc6)c6c(cc54)oc4ccccc46)cc3)c3ccccc3-c3ccccc3)cc2)cc1. The molecule has 0 aliphatic rings. The summed E-state index contributed by atoms with van der Waals surface area (Å²) >= 11 is 0. The zero-order chi connectivity index (χ0) is 41.7. The third-order valence-corrected chi connectivity index (χ3v) is 12.4. The Balaban J connectivity index is 1.10. The lowest BCUT2D eigenvalue weighted by atomic mass is 9.92. The van der Waals surface area contributed by atoms with E-state index in [1.165, 1.54) is 44.2 Å². The van der Waals surface area contributed by atoms with Gasteiger partial charge >= 0.3 is 0 Å². The number of hydrogen-bond donors (Lipinski definition) is 0. The van der Waals surface area contributed by atoms with Crippen molar-refractivity contribution in [3.8, 4) is 50.2 Å². The Labute approximate surface area is 366 Å². The molecule has 0 atom stereocenters. The Hall–Kier alpha value is -8.40. The van der Waals surface area contributed by atoms with Crippen molar-refractivity contribution < 1.29 is 4.42 Å². The standard InChI is InChI=1S/C60H40N2O/c1-5-18-41(19-6-1)42-32-34-46(35-33-42)61(52-29-15-13-26-49(52)43-20-7-2-8-21-43)47-36-38-48(39-37-47)62-53-30-17-28-50(44-22-9-3-10-23-44)58(53)60-54(62)40-56-59(51-27-14-16-31-55(51)63-56)57(60)45-24-11-4-12-25-45/h1-40H. The van der Waals surface area contributed by atoms with E-state index in [-0.39, 0.29) is 0 Å². The lowest BCUT2D eigenvalue weighted by Gasteiger charge is -2.28.